The van der Waals surface area contributed by atoms with Crippen LogP contribution in [0.25, 0.3) is 0 Å². The number of hydrogen-bond donors (Lipinski definition) is 4. The van der Waals surface area contributed by atoms with Gasteiger partial charge in [-0.05, 0) is 6.42 Å². The summed E-state index contributed by atoms with van der Waals surface area (Å²) in [6.45, 7) is 0. The van der Waals surface area contributed by atoms with Crippen LogP contribution in [0.2, 0.25) is 0 Å². The van der Waals surface area contributed by atoms with Gasteiger partial charge >= 0.3 is 5.97 Å². The highest BCUT2D eigenvalue weighted by Crippen LogP contribution is 2.38. The molecule has 0 fully saturated rings. The standard InChI is InChI=1S/C5H13N2O4P.2ClH/c6-3-12(10,11)2-1-4(7)5(8)9;;/h4H,1-3,6-7H2,(H,8,9)(H,10,11);2*1H/t4-;;/m0../s1. The topological polar surface area (TPSA) is 127 Å². The summed E-state index contributed by atoms with van der Waals surface area (Å²) < 4.78 is 10.9. The molecule has 2 atom stereocenters. The van der Waals surface area contributed by atoms with Crippen molar-refractivity contribution in [2.24, 2.45) is 11.5 Å². The lowest BCUT2D eigenvalue weighted by atomic mass is 10.2. The predicted molar refractivity (Wildman–Crippen MR) is 58.5 cm³/mol. The molecule has 0 aliphatic heterocycles. The molecule has 0 bridgehead atoms. The van der Waals surface area contributed by atoms with Crippen molar-refractivity contribution in [3.8, 4) is 0 Å². The number of aliphatic carboxylic acids is 1. The zero-order valence-corrected chi connectivity index (χ0v) is 9.86. The monoisotopic (exact) mass is 268 g/mol. The molecule has 0 aliphatic rings. The molecule has 0 amide bonds. The lowest BCUT2D eigenvalue weighted by molar-refractivity contribution is -0.138. The molecule has 0 heterocycles. The Balaban J connectivity index is -0.000000605. The minimum Gasteiger partial charge on any atom is -0.480 e. The molecule has 0 saturated carbocycles. The summed E-state index contributed by atoms with van der Waals surface area (Å²) in [7, 11) is -3.33. The number of rotatable bonds is 5. The van der Waals surface area contributed by atoms with Crippen LogP contribution in [0.1, 0.15) is 6.42 Å². The predicted octanol–water partition coefficient (Wildman–Crippen LogP) is -0.181. The quantitative estimate of drug-likeness (QED) is 0.513. The van der Waals surface area contributed by atoms with Crippen molar-refractivity contribution in [2.75, 3.05) is 12.4 Å². The van der Waals surface area contributed by atoms with Gasteiger partial charge in [-0.2, -0.15) is 0 Å². The summed E-state index contributed by atoms with van der Waals surface area (Å²) in [5, 5.41) is 8.32. The summed E-state index contributed by atoms with van der Waals surface area (Å²) >= 11 is 0. The van der Waals surface area contributed by atoms with Crippen LogP contribution in [0.15, 0.2) is 0 Å². The second kappa shape index (κ2) is 8.47. The van der Waals surface area contributed by atoms with E-state index in [1.54, 1.807) is 0 Å². The fourth-order valence-corrected chi connectivity index (χ4v) is 1.42. The molecular formula is C5H15Cl2N2O4P. The van der Waals surface area contributed by atoms with Crippen molar-refractivity contribution >= 4 is 38.2 Å². The fraction of sp³-hybridized carbons (Fsp3) is 0.800. The first-order valence-electron chi connectivity index (χ1n) is 3.38. The van der Waals surface area contributed by atoms with E-state index in [0.29, 0.717) is 0 Å². The van der Waals surface area contributed by atoms with Crippen LogP contribution >= 0.6 is 32.2 Å². The molecule has 14 heavy (non-hydrogen) atoms. The van der Waals surface area contributed by atoms with Gasteiger partial charge in [0.2, 0.25) is 7.37 Å². The Bertz CT molecular complexity index is 216. The maximum Gasteiger partial charge on any atom is 0.320 e. The van der Waals surface area contributed by atoms with Crippen molar-refractivity contribution in [1.29, 1.82) is 0 Å². The van der Waals surface area contributed by atoms with E-state index < -0.39 is 19.4 Å². The second-order valence-electron chi connectivity index (χ2n) is 2.49. The second-order valence-corrected chi connectivity index (χ2v) is 4.99. The van der Waals surface area contributed by atoms with Crippen molar-refractivity contribution in [2.45, 2.75) is 12.5 Å². The van der Waals surface area contributed by atoms with Gasteiger partial charge in [-0.3, -0.25) is 9.36 Å². The molecule has 6 N–H and O–H groups in total. The van der Waals surface area contributed by atoms with Crippen molar-refractivity contribution in [3.05, 3.63) is 0 Å². The molecule has 88 valence electrons. The van der Waals surface area contributed by atoms with Gasteiger partial charge in [0.05, 0.1) is 6.29 Å². The molecule has 9 heteroatoms. The maximum atomic E-state index is 10.9. The van der Waals surface area contributed by atoms with Crippen LogP contribution < -0.4 is 11.5 Å². The Morgan fingerprint density at radius 3 is 2.14 bits per heavy atom. The summed E-state index contributed by atoms with van der Waals surface area (Å²) in [5.41, 5.74) is 10.1. The smallest absolute Gasteiger partial charge is 0.320 e. The van der Waals surface area contributed by atoms with Gasteiger partial charge in [0, 0.05) is 6.16 Å². The average molecular weight is 269 g/mol. The molecule has 1 unspecified atom stereocenters. The highest BCUT2D eigenvalue weighted by molar-refractivity contribution is 7.57. The summed E-state index contributed by atoms with van der Waals surface area (Å²) in [5.74, 6) is -1.17. The molecular weight excluding hydrogens is 254 g/mol. The fourth-order valence-electron chi connectivity index (χ4n) is 0.556. The summed E-state index contributed by atoms with van der Waals surface area (Å²) in [4.78, 5) is 19.1. The van der Waals surface area contributed by atoms with Crippen LogP contribution in [-0.4, -0.2) is 34.5 Å². The maximum absolute atomic E-state index is 10.9. The van der Waals surface area contributed by atoms with Gasteiger partial charge in [0.1, 0.15) is 6.04 Å². The first kappa shape index (κ1) is 19.7. The van der Waals surface area contributed by atoms with Crippen molar-refractivity contribution in [3.63, 3.8) is 0 Å². The first-order valence-corrected chi connectivity index (χ1v) is 5.41. The number of halogens is 2. The van der Waals surface area contributed by atoms with Gasteiger partial charge in [0.15, 0.2) is 0 Å². The Morgan fingerprint density at radius 2 is 1.86 bits per heavy atom. The van der Waals surface area contributed by atoms with E-state index >= 15 is 0 Å². The molecule has 0 aromatic carbocycles. The summed E-state index contributed by atoms with van der Waals surface area (Å²) in [6.07, 6.45) is -0.503. The zero-order chi connectivity index (χ0) is 9.78. The summed E-state index contributed by atoms with van der Waals surface area (Å²) in [6, 6.07) is -1.09. The van der Waals surface area contributed by atoms with Crippen LogP contribution in [0.3, 0.4) is 0 Å². The number of carboxylic acid groups (broad SMARTS) is 1. The van der Waals surface area contributed by atoms with Crippen molar-refractivity contribution in [1.82, 2.24) is 0 Å². The highest BCUT2D eigenvalue weighted by atomic mass is 35.5. The largest absolute Gasteiger partial charge is 0.480 e. The van der Waals surface area contributed by atoms with Crippen LogP contribution in [0, 0.1) is 0 Å². The third kappa shape index (κ3) is 8.74. The van der Waals surface area contributed by atoms with E-state index in [-0.39, 0.29) is 43.7 Å². The molecule has 0 saturated heterocycles. The van der Waals surface area contributed by atoms with Gasteiger partial charge in [-0.1, -0.05) is 0 Å². The number of nitrogens with two attached hydrogens (primary N) is 2. The third-order valence-electron chi connectivity index (χ3n) is 1.39. The zero-order valence-electron chi connectivity index (χ0n) is 7.33. The molecule has 0 spiro atoms. The lowest BCUT2D eigenvalue weighted by Gasteiger charge is -2.10. The molecule has 0 rings (SSSR count). The Morgan fingerprint density at radius 1 is 1.43 bits per heavy atom. The molecule has 0 radical (unpaired) electrons. The normalized spacial score (nSPS) is 15.6. The van der Waals surface area contributed by atoms with Gasteiger partial charge in [0.25, 0.3) is 0 Å². The van der Waals surface area contributed by atoms with Crippen LogP contribution in [0.4, 0.5) is 0 Å². The van der Waals surface area contributed by atoms with E-state index in [1.165, 1.54) is 0 Å². The number of carbonyl (C=O) groups is 1. The van der Waals surface area contributed by atoms with Gasteiger partial charge in [-0.15, -0.1) is 24.8 Å². The van der Waals surface area contributed by atoms with E-state index in [4.69, 9.17) is 21.5 Å². The minimum absolute atomic E-state index is 0. The van der Waals surface area contributed by atoms with E-state index in [0.717, 1.165) is 0 Å². The van der Waals surface area contributed by atoms with Crippen molar-refractivity contribution < 1.29 is 19.4 Å². The average Bonchev–Trinajstić information content (AvgIpc) is 2.00. The van der Waals surface area contributed by atoms with E-state index in [2.05, 4.69) is 0 Å². The molecule has 6 nitrogen and oxygen atoms in total. The molecule has 0 aliphatic carbocycles. The Hall–Kier alpha value is 0.160. The Kier molecular flexibility index (Phi) is 11.9. The number of carboxylic acids is 1. The molecule has 0 aromatic rings. The molecule has 0 aromatic heterocycles. The SMILES string of the molecule is Cl.Cl.NCP(=O)(O)CC[C@H](N)C(=O)O. The highest BCUT2D eigenvalue weighted by Gasteiger charge is 2.19. The number of hydrogen-bond acceptors (Lipinski definition) is 4. The Labute approximate surface area is 94.3 Å². The van der Waals surface area contributed by atoms with E-state index in [1.807, 2.05) is 0 Å². The van der Waals surface area contributed by atoms with Crippen LogP contribution in [-0.2, 0) is 9.36 Å². The lowest BCUT2D eigenvalue weighted by Crippen LogP contribution is -2.31. The minimum atomic E-state index is -3.33. The third-order valence-corrected chi connectivity index (χ3v) is 2.92. The van der Waals surface area contributed by atoms with E-state index in [9.17, 15) is 9.36 Å². The first-order chi connectivity index (χ1) is 5.39. The van der Waals surface area contributed by atoms with Gasteiger partial charge < -0.3 is 21.5 Å². The van der Waals surface area contributed by atoms with Gasteiger partial charge in [-0.25, -0.2) is 0 Å². The van der Waals surface area contributed by atoms with Crippen LogP contribution in [0.5, 0.6) is 0 Å².